The summed E-state index contributed by atoms with van der Waals surface area (Å²) < 4.78 is 5.58. The van der Waals surface area contributed by atoms with Crippen molar-refractivity contribution in [3.05, 3.63) is 48.4 Å². The molecule has 0 amide bonds. The van der Waals surface area contributed by atoms with Gasteiger partial charge in [-0.1, -0.05) is 6.92 Å². The predicted molar refractivity (Wildman–Crippen MR) is 72.7 cm³/mol. The summed E-state index contributed by atoms with van der Waals surface area (Å²) in [7, 11) is 0. The third kappa shape index (κ3) is 2.54. The standard InChI is InChI=1S/C14H14N4O/c1-2-14-18-12-7-10(3-4-13(12)19-14)16-8-11-5-6-15-9-17-11/h3-7,9,16H,2,8H2,1H3. The Morgan fingerprint density at radius 3 is 3.00 bits per heavy atom. The molecule has 96 valence electrons. The molecule has 2 heterocycles. The summed E-state index contributed by atoms with van der Waals surface area (Å²) in [4.78, 5) is 12.5. The van der Waals surface area contributed by atoms with Crippen molar-refractivity contribution in [2.75, 3.05) is 5.32 Å². The smallest absolute Gasteiger partial charge is 0.195 e. The molecule has 1 aromatic carbocycles. The summed E-state index contributed by atoms with van der Waals surface area (Å²) in [6.07, 6.45) is 4.09. The van der Waals surface area contributed by atoms with Gasteiger partial charge < -0.3 is 9.73 Å². The molecule has 3 rings (SSSR count). The number of nitrogens with zero attached hydrogens (tertiary/aromatic N) is 3. The second-order valence-corrected chi connectivity index (χ2v) is 4.20. The Morgan fingerprint density at radius 2 is 2.21 bits per heavy atom. The van der Waals surface area contributed by atoms with Crippen LogP contribution in [0.25, 0.3) is 11.1 Å². The molecule has 0 spiro atoms. The number of aromatic nitrogens is 3. The molecule has 0 unspecified atom stereocenters. The number of aryl methyl sites for hydroxylation is 1. The second-order valence-electron chi connectivity index (χ2n) is 4.20. The van der Waals surface area contributed by atoms with E-state index in [1.54, 1.807) is 12.5 Å². The number of fused-ring (bicyclic) bond motifs is 1. The van der Waals surface area contributed by atoms with Gasteiger partial charge in [-0.3, -0.25) is 0 Å². The molecule has 0 atom stereocenters. The fourth-order valence-corrected chi connectivity index (χ4v) is 1.85. The Bertz CT molecular complexity index is 678. The molecule has 19 heavy (non-hydrogen) atoms. The van der Waals surface area contributed by atoms with E-state index in [1.807, 2.05) is 31.2 Å². The van der Waals surface area contributed by atoms with E-state index >= 15 is 0 Å². The molecule has 0 radical (unpaired) electrons. The topological polar surface area (TPSA) is 63.8 Å². The lowest BCUT2D eigenvalue weighted by atomic mass is 10.3. The predicted octanol–water partition coefficient (Wildman–Crippen LogP) is 2.79. The van der Waals surface area contributed by atoms with Crippen LogP contribution in [0.15, 0.2) is 41.2 Å². The average Bonchev–Trinajstić information content (AvgIpc) is 2.88. The third-order valence-corrected chi connectivity index (χ3v) is 2.85. The molecule has 3 aromatic rings. The van der Waals surface area contributed by atoms with Crippen molar-refractivity contribution in [2.45, 2.75) is 19.9 Å². The lowest BCUT2D eigenvalue weighted by Crippen LogP contribution is -2.01. The van der Waals surface area contributed by atoms with E-state index in [0.717, 1.165) is 34.8 Å². The second kappa shape index (κ2) is 5.06. The molecule has 0 aliphatic carbocycles. The van der Waals surface area contributed by atoms with Gasteiger partial charge in [0.2, 0.25) is 0 Å². The van der Waals surface area contributed by atoms with Crippen molar-refractivity contribution in [3.63, 3.8) is 0 Å². The Morgan fingerprint density at radius 1 is 1.26 bits per heavy atom. The summed E-state index contributed by atoms with van der Waals surface area (Å²) >= 11 is 0. The molecule has 2 aromatic heterocycles. The molecule has 0 aliphatic heterocycles. The van der Waals surface area contributed by atoms with Crippen LogP contribution in [0.3, 0.4) is 0 Å². The van der Waals surface area contributed by atoms with Crippen molar-refractivity contribution in [1.82, 2.24) is 15.0 Å². The van der Waals surface area contributed by atoms with Crippen LogP contribution in [-0.2, 0) is 13.0 Å². The zero-order chi connectivity index (χ0) is 13.1. The van der Waals surface area contributed by atoms with Crippen LogP contribution in [0, 0.1) is 0 Å². The third-order valence-electron chi connectivity index (χ3n) is 2.85. The lowest BCUT2D eigenvalue weighted by molar-refractivity contribution is 0.538. The van der Waals surface area contributed by atoms with Crippen molar-refractivity contribution < 1.29 is 4.42 Å². The van der Waals surface area contributed by atoms with Crippen LogP contribution in [0.1, 0.15) is 18.5 Å². The lowest BCUT2D eigenvalue weighted by Gasteiger charge is -2.04. The van der Waals surface area contributed by atoms with E-state index < -0.39 is 0 Å². The van der Waals surface area contributed by atoms with Gasteiger partial charge in [-0.2, -0.15) is 0 Å². The molecule has 0 saturated carbocycles. The summed E-state index contributed by atoms with van der Waals surface area (Å²) in [6, 6.07) is 7.79. The van der Waals surface area contributed by atoms with Crippen molar-refractivity contribution >= 4 is 16.8 Å². The van der Waals surface area contributed by atoms with E-state index in [2.05, 4.69) is 20.3 Å². The summed E-state index contributed by atoms with van der Waals surface area (Å²) in [6.45, 7) is 2.69. The molecule has 0 fully saturated rings. The summed E-state index contributed by atoms with van der Waals surface area (Å²) in [5, 5.41) is 3.31. The minimum atomic E-state index is 0.659. The van der Waals surface area contributed by atoms with Gasteiger partial charge in [0, 0.05) is 18.3 Å². The largest absolute Gasteiger partial charge is 0.441 e. The SMILES string of the molecule is CCc1nc2cc(NCc3ccncn3)ccc2o1. The van der Waals surface area contributed by atoms with Crippen LogP contribution >= 0.6 is 0 Å². The maximum absolute atomic E-state index is 5.58. The number of nitrogens with one attached hydrogen (secondary N) is 1. The average molecular weight is 254 g/mol. The van der Waals surface area contributed by atoms with Crippen molar-refractivity contribution in [1.29, 1.82) is 0 Å². The molecule has 0 bridgehead atoms. The maximum Gasteiger partial charge on any atom is 0.195 e. The summed E-state index contributed by atoms with van der Waals surface area (Å²) in [5.41, 5.74) is 3.65. The van der Waals surface area contributed by atoms with Crippen molar-refractivity contribution in [3.8, 4) is 0 Å². The number of anilines is 1. The van der Waals surface area contributed by atoms with Crippen molar-refractivity contribution in [2.24, 2.45) is 0 Å². The highest BCUT2D eigenvalue weighted by atomic mass is 16.3. The van der Waals surface area contributed by atoms with Crippen LogP contribution in [0.4, 0.5) is 5.69 Å². The Kier molecular flexibility index (Phi) is 3.10. The van der Waals surface area contributed by atoms with Crippen LogP contribution < -0.4 is 5.32 Å². The molecular formula is C14H14N4O. The van der Waals surface area contributed by atoms with Gasteiger partial charge >= 0.3 is 0 Å². The fraction of sp³-hybridized carbons (Fsp3) is 0.214. The van der Waals surface area contributed by atoms with Crippen LogP contribution in [0.5, 0.6) is 0 Å². The quantitative estimate of drug-likeness (QED) is 0.775. The Labute approximate surface area is 110 Å². The van der Waals surface area contributed by atoms with Gasteiger partial charge in [-0.25, -0.2) is 15.0 Å². The zero-order valence-electron chi connectivity index (χ0n) is 10.6. The van der Waals surface area contributed by atoms with Crippen LogP contribution in [0.2, 0.25) is 0 Å². The maximum atomic E-state index is 5.58. The highest BCUT2D eigenvalue weighted by Gasteiger charge is 2.04. The zero-order valence-corrected chi connectivity index (χ0v) is 10.6. The monoisotopic (exact) mass is 254 g/mol. The Balaban J connectivity index is 1.78. The van der Waals surface area contributed by atoms with E-state index in [0.29, 0.717) is 6.54 Å². The van der Waals surface area contributed by atoms with Crippen LogP contribution in [-0.4, -0.2) is 15.0 Å². The van der Waals surface area contributed by atoms with Gasteiger partial charge in [0.05, 0.1) is 12.2 Å². The van der Waals surface area contributed by atoms with Gasteiger partial charge in [0.15, 0.2) is 11.5 Å². The molecule has 1 N–H and O–H groups in total. The number of hydrogen-bond acceptors (Lipinski definition) is 5. The number of benzene rings is 1. The Hall–Kier alpha value is -2.43. The molecule has 0 saturated heterocycles. The first-order chi connectivity index (χ1) is 9.35. The van der Waals surface area contributed by atoms with Gasteiger partial charge in [0.25, 0.3) is 0 Å². The first-order valence-electron chi connectivity index (χ1n) is 6.23. The molecule has 0 aliphatic rings. The fourth-order valence-electron chi connectivity index (χ4n) is 1.85. The first kappa shape index (κ1) is 11.6. The minimum absolute atomic E-state index is 0.659. The number of oxazole rings is 1. The minimum Gasteiger partial charge on any atom is -0.441 e. The highest BCUT2D eigenvalue weighted by molar-refractivity contribution is 5.77. The van der Waals surface area contributed by atoms with E-state index in [9.17, 15) is 0 Å². The number of rotatable bonds is 4. The van der Waals surface area contributed by atoms with E-state index in [4.69, 9.17) is 4.42 Å². The van der Waals surface area contributed by atoms with E-state index in [1.165, 1.54) is 0 Å². The number of hydrogen-bond donors (Lipinski definition) is 1. The van der Waals surface area contributed by atoms with Gasteiger partial charge in [0.1, 0.15) is 11.8 Å². The summed E-state index contributed by atoms with van der Waals surface area (Å²) in [5.74, 6) is 0.767. The molecular weight excluding hydrogens is 240 g/mol. The van der Waals surface area contributed by atoms with Gasteiger partial charge in [-0.05, 0) is 24.3 Å². The van der Waals surface area contributed by atoms with Gasteiger partial charge in [-0.15, -0.1) is 0 Å². The first-order valence-corrected chi connectivity index (χ1v) is 6.23. The van der Waals surface area contributed by atoms with E-state index in [-0.39, 0.29) is 0 Å². The normalized spacial score (nSPS) is 10.8. The molecule has 5 heteroatoms. The molecule has 5 nitrogen and oxygen atoms in total. The highest BCUT2D eigenvalue weighted by Crippen LogP contribution is 2.20.